The molecule has 1 N–H and O–H groups in total. The highest BCUT2D eigenvalue weighted by atomic mass is 14.9. The largest absolute Gasteiger partial charge is 0.314 e. The molecule has 3 atom stereocenters. The predicted molar refractivity (Wildman–Crippen MR) is 81.8 cm³/mol. The summed E-state index contributed by atoms with van der Waals surface area (Å²) in [6, 6.07) is 0.797. The molecule has 0 aliphatic heterocycles. The van der Waals surface area contributed by atoms with E-state index >= 15 is 0 Å². The number of rotatable bonds is 7. The molecule has 0 spiro atoms. The minimum Gasteiger partial charge on any atom is -0.314 e. The van der Waals surface area contributed by atoms with Gasteiger partial charge in [0.05, 0.1) is 0 Å². The van der Waals surface area contributed by atoms with Crippen LogP contribution < -0.4 is 5.32 Å². The van der Waals surface area contributed by atoms with Gasteiger partial charge in [-0.15, -0.1) is 0 Å². The van der Waals surface area contributed by atoms with Crippen LogP contribution in [-0.4, -0.2) is 12.6 Å². The molecule has 1 aliphatic carbocycles. The Labute approximate surface area is 115 Å². The van der Waals surface area contributed by atoms with Gasteiger partial charge in [0.1, 0.15) is 0 Å². The van der Waals surface area contributed by atoms with E-state index in [2.05, 4.69) is 39.9 Å². The lowest BCUT2D eigenvalue weighted by Crippen LogP contribution is -2.42. The Balaban J connectivity index is 2.59. The van der Waals surface area contributed by atoms with E-state index in [9.17, 15) is 0 Å². The summed E-state index contributed by atoms with van der Waals surface area (Å²) in [6.07, 6.45) is 8.48. The number of hydrogen-bond acceptors (Lipinski definition) is 1. The van der Waals surface area contributed by atoms with E-state index in [1.54, 1.807) is 0 Å². The molecule has 0 saturated heterocycles. The van der Waals surface area contributed by atoms with Crippen LogP contribution in [0.4, 0.5) is 0 Å². The quantitative estimate of drug-likeness (QED) is 0.683. The van der Waals surface area contributed by atoms with E-state index < -0.39 is 0 Å². The molecule has 0 aromatic rings. The molecule has 0 aromatic heterocycles. The van der Waals surface area contributed by atoms with Crippen molar-refractivity contribution in [2.75, 3.05) is 6.54 Å². The Morgan fingerprint density at radius 1 is 1.06 bits per heavy atom. The Hall–Kier alpha value is -0.0400. The van der Waals surface area contributed by atoms with Crippen molar-refractivity contribution in [3.63, 3.8) is 0 Å². The minimum atomic E-state index is 0.797. The molecule has 0 aromatic carbocycles. The molecule has 3 unspecified atom stereocenters. The van der Waals surface area contributed by atoms with Gasteiger partial charge < -0.3 is 5.32 Å². The Kier molecular flexibility index (Phi) is 7.29. The fraction of sp³-hybridized carbons (Fsp3) is 1.00. The van der Waals surface area contributed by atoms with Crippen molar-refractivity contribution in [2.45, 2.75) is 79.2 Å². The molecule has 108 valence electrons. The molecule has 1 heteroatoms. The molecule has 0 radical (unpaired) electrons. The van der Waals surface area contributed by atoms with Gasteiger partial charge in [-0.1, -0.05) is 47.5 Å². The third-order valence-electron chi connectivity index (χ3n) is 5.22. The van der Waals surface area contributed by atoms with Crippen LogP contribution in [0.5, 0.6) is 0 Å². The number of nitrogens with one attached hydrogen (secondary N) is 1. The van der Waals surface area contributed by atoms with Crippen LogP contribution in [0.25, 0.3) is 0 Å². The molecule has 1 nitrogen and oxygen atoms in total. The molecule has 1 rings (SSSR count). The second kappa shape index (κ2) is 8.19. The first-order valence-corrected chi connectivity index (χ1v) is 8.35. The van der Waals surface area contributed by atoms with Crippen LogP contribution in [0.15, 0.2) is 0 Å². The average molecular weight is 253 g/mol. The van der Waals surface area contributed by atoms with Gasteiger partial charge in [0.25, 0.3) is 0 Å². The molecule has 18 heavy (non-hydrogen) atoms. The zero-order valence-corrected chi connectivity index (χ0v) is 13.3. The van der Waals surface area contributed by atoms with Gasteiger partial charge in [-0.3, -0.25) is 0 Å². The van der Waals surface area contributed by atoms with Crippen molar-refractivity contribution in [1.29, 1.82) is 0 Å². The summed E-state index contributed by atoms with van der Waals surface area (Å²) in [7, 11) is 0. The SMILES string of the molecule is CCNC1CCC(C(C)C)CC1CC(CC)CC. The summed E-state index contributed by atoms with van der Waals surface area (Å²) in [6.45, 7) is 12.9. The van der Waals surface area contributed by atoms with Crippen LogP contribution >= 0.6 is 0 Å². The van der Waals surface area contributed by atoms with Crippen molar-refractivity contribution in [3.05, 3.63) is 0 Å². The van der Waals surface area contributed by atoms with Crippen molar-refractivity contribution in [2.24, 2.45) is 23.7 Å². The van der Waals surface area contributed by atoms with Crippen LogP contribution in [0.1, 0.15) is 73.1 Å². The summed E-state index contributed by atoms with van der Waals surface area (Å²) < 4.78 is 0. The van der Waals surface area contributed by atoms with Gasteiger partial charge in [-0.2, -0.15) is 0 Å². The first kappa shape index (κ1) is 16.0. The van der Waals surface area contributed by atoms with Crippen LogP contribution in [0.3, 0.4) is 0 Å². The summed E-state index contributed by atoms with van der Waals surface area (Å²) in [5, 5.41) is 3.75. The third-order valence-corrected chi connectivity index (χ3v) is 5.22. The van der Waals surface area contributed by atoms with Crippen molar-refractivity contribution in [3.8, 4) is 0 Å². The lowest BCUT2D eigenvalue weighted by Gasteiger charge is -2.39. The van der Waals surface area contributed by atoms with E-state index in [-0.39, 0.29) is 0 Å². The van der Waals surface area contributed by atoms with Gasteiger partial charge >= 0.3 is 0 Å². The van der Waals surface area contributed by atoms with Gasteiger partial charge in [0.2, 0.25) is 0 Å². The van der Waals surface area contributed by atoms with Crippen molar-refractivity contribution >= 4 is 0 Å². The van der Waals surface area contributed by atoms with E-state index in [1.165, 1.54) is 38.5 Å². The van der Waals surface area contributed by atoms with Crippen molar-refractivity contribution < 1.29 is 0 Å². The molecule has 0 amide bonds. The summed E-state index contributed by atoms with van der Waals surface area (Å²) >= 11 is 0. The average Bonchev–Trinajstić information content (AvgIpc) is 2.37. The first-order valence-electron chi connectivity index (χ1n) is 8.35. The predicted octanol–water partition coefficient (Wildman–Crippen LogP) is 4.86. The van der Waals surface area contributed by atoms with E-state index in [4.69, 9.17) is 0 Å². The maximum absolute atomic E-state index is 3.75. The standard InChI is InChI=1S/C17H35N/c1-6-14(7-2)11-16-12-15(13(4)5)9-10-17(16)18-8-3/h13-18H,6-12H2,1-5H3. The summed E-state index contributed by atoms with van der Waals surface area (Å²) in [5.41, 5.74) is 0. The second-order valence-corrected chi connectivity index (χ2v) is 6.66. The van der Waals surface area contributed by atoms with Gasteiger partial charge in [-0.05, 0) is 55.9 Å². The third kappa shape index (κ3) is 4.57. The number of hydrogen-bond donors (Lipinski definition) is 1. The smallest absolute Gasteiger partial charge is 0.00955 e. The topological polar surface area (TPSA) is 12.0 Å². The summed E-state index contributed by atoms with van der Waals surface area (Å²) in [4.78, 5) is 0. The van der Waals surface area contributed by atoms with E-state index in [1.807, 2.05) is 0 Å². The van der Waals surface area contributed by atoms with E-state index in [0.717, 1.165) is 36.3 Å². The lowest BCUT2D eigenvalue weighted by molar-refractivity contribution is 0.144. The molecule has 1 fully saturated rings. The fourth-order valence-corrected chi connectivity index (χ4v) is 3.75. The molecular weight excluding hydrogens is 218 g/mol. The highest BCUT2D eigenvalue weighted by Gasteiger charge is 2.32. The normalized spacial score (nSPS) is 29.2. The zero-order chi connectivity index (χ0) is 13.5. The highest BCUT2D eigenvalue weighted by Crippen LogP contribution is 2.37. The van der Waals surface area contributed by atoms with E-state index in [0.29, 0.717) is 0 Å². The van der Waals surface area contributed by atoms with Crippen molar-refractivity contribution in [1.82, 2.24) is 5.32 Å². The second-order valence-electron chi connectivity index (χ2n) is 6.66. The van der Waals surface area contributed by atoms with Gasteiger partial charge in [-0.25, -0.2) is 0 Å². The summed E-state index contributed by atoms with van der Waals surface area (Å²) in [5.74, 6) is 3.72. The Bertz CT molecular complexity index is 206. The highest BCUT2D eigenvalue weighted by molar-refractivity contribution is 4.86. The molecule has 1 aliphatic rings. The first-order chi connectivity index (χ1) is 8.62. The van der Waals surface area contributed by atoms with Crippen LogP contribution in [0.2, 0.25) is 0 Å². The van der Waals surface area contributed by atoms with Crippen LogP contribution in [0, 0.1) is 23.7 Å². The van der Waals surface area contributed by atoms with Gasteiger partial charge in [0, 0.05) is 6.04 Å². The molecule has 0 bridgehead atoms. The Morgan fingerprint density at radius 2 is 1.72 bits per heavy atom. The fourth-order valence-electron chi connectivity index (χ4n) is 3.75. The molecule has 1 saturated carbocycles. The Morgan fingerprint density at radius 3 is 2.22 bits per heavy atom. The van der Waals surface area contributed by atoms with Gasteiger partial charge in [0.15, 0.2) is 0 Å². The lowest BCUT2D eigenvalue weighted by atomic mass is 9.70. The monoisotopic (exact) mass is 253 g/mol. The maximum Gasteiger partial charge on any atom is 0.00955 e. The zero-order valence-electron chi connectivity index (χ0n) is 13.3. The van der Waals surface area contributed by atoms with Crippen LogP contribution in [-0.2, 0) is 0 Å². The maximum atomic E-state index is 3.75. The minimum absolute atomic E-state index is 0.797. The molecule has 0 heterocycles. The molecular formula is C17H35N.